The van der Waals surface area contributed by atoms with Crippen molar-refractivity contribution in [2.24, 2.45) is 20.7 Å². The van der Waals surface area contributed by atoms with Crippen LogP contribution in [0.25, 0.3) is 0 Å². The van der Waals surface area contributed by atoms with Crippen LogP contribution in [0.2, 0.25) is 0 Å². The lowest BCUT2D eigenvalue weighted by molar-refractivity contribution is 0.581. The van der Waals surface area contributed by atoms with Crippen molar-refractivity contribution >= 4 is 17.2 Å². The maximum atomic E-state index is 4.39. The second-order valence-electron chi connectivity index (χ2n) is 5.70. The van der Waals surface area contributed by atoms with Crippen LogP contribution in [0.1, 0.15) is 20.8 Å². The summed E-state index contributed by atoms with van der Waals surface area (Å²) in [5.74, 6) is 0.648. The second kappa shape index (κ2) is 6.79. The Kier molecular flexibility index (Phi) is 4.82. The van der Waals surface area contributed by atoms with E-state index >= 15 is 0 Å². The number of nitrogens with zero attached hydrogens (tertiary/aromatic N) is 3. The highest BCUT2D eigenvalue weighted by Crippen LogP contribution is 2.20. The van der Waals surface area contributed by atoms with Gasteiger partial charge in [0, 0.05) is 5.41 Å². The molecule has 0 saturated carbocycles. The van der Waals surface area contributed by atoms with Crippen molar-refractivity contribution in [3.63, 3.8) is 0 Å². The minimum Gasteiger partial charge on any atom is -0.277 e. The smallest absolute Gasteiger partial charge is 0.176 e. The average Bonchev–Trinajstić information content (AvgIpc) is 2.48. The van der Waals surface area contributed by atoms with Gasteiger partial charge in [-0.15, -0.1) is 10.2 Å². The summed E-state index contributed by atoms with van der Waals surface area (Å²) < 4.78 is 0. The summed E-state index contributed by atoms with van der Waals surface area (Å²) in [6.45, 7) is 6.17. The van der Waals surface area contributed by atoms with Gasteiger partial charge < -0.3 is 0 Å². The Morgan fingerprint density at radius 3 is 2.00 bits per heavy atom. The van der Waals surface area contributed by atoms with Crippen molar-refractivity contribution in [2.45, 2.75) is 20.8 Å². The van der Waals surface area contributed by atoms with Gasteiger partial charge in [-0.1, -0.05) is 57.2 Å². The zero-order chi connectivity index (χ0) is 15.1. The summed E-state index contributed by atoms with van der Waals surface area (Å²) in [5.41, 5.74) is 4.57. The molecule has 0 heterocycles. The number of benzene rings is 2. The minimum atomic E-state index is -0.194. The average molecular weight is 280 g/mol. The van der Waals surface area contributed by atoms with Gasteiger partial charge in [0.25, 0.3) is 0 Å². The van der Waals surface area contributed by atoms with E-state index in [0.29, 0.717) is 5.84 Å². The molecule has 2 aromatic rings. The molecular weight excluding hydrogens is 260 g/mol. The Morgan fingerprint density at radius 1 is 0.857 bits per heavy atom. The van der Waals surface area contributed by atoms with E-state index in [0.717, 1.165) is 11.4 Å². The zero-order valence-electron chi connectivity index (χ0n) is 12.6. The fourth-order valence-corrected chi connectivity index (χ4v) is 1.57. The third-order valence-corrected chi connectivity index (χ3v) is 2.75. The molecule has 0 aliphatic heterocycles. The van der Waals surface area contributed by atoms with Crippen LogP contribution < -0.4 is 5.43 Å². The van der Waals surface area contributed by atoms with Gasteiger partial charge in [0.05, 0.1) is 11.4 Å². The standard InChI is InChI=1S/C17H20N4/c1-17(2,3)16(20-18-14-10-6-4-7-11-14)21-19-15-12-8-5-9-13-15/h4-13,18H,1-3H3. The largest absolute Gasteiger partial charge is 0.277 e. The van der Waals surface area contributed by atoms with Gasteiger partial charge in [0.2, 0.25) is 0 Å². The van der Waals surface area contributed by atoms with Gasteiger partial charge in [-0.2, -0.15) is 5.10 Å². The van der Waals surface area contributed by atoms with Crippen LogP contribution in [0, 0.1) is 5.41 Å². The molecule has 0 bridgehead atoms. The number of hydrazone groups is 1. The highest BCUT2D eigenvalue weighted by atomic mass is 15.3. The molecule has 0 fully saturated rings. The molecule has 108 valence electrons. The highest BCUT2D eigenvalue weighted by Gasteiger charge is 2.19. The number of hydrogen-bond donors (Lipinski definition) is 1. The van der Waals surface area contributed by atoms with Crippen LogP contribution in [-0.2, 0) is 0 Å². The number of nitrogens with one attached hydrogen (secondary N) is 1. The van der Waals surface area contributed by atoms with Crippen molar-refractivity contribution in [3.05, 3.63) is 60.7 Å². The van der Waals surface area contributed by atoms with Gasteiger partial charge in [-0.05, 0) is 24.3 Å². The van der Waals surface area contributed by atoms with Crippen LogP contribution >= 0.6 is 0 Å². The van der Waals surface area contributed by atoms with E-state index < -0.39 is 0 Å². The second-order valence-corrected chi connectivity index (χ2v) is 5.70. The topological polar surface area (TPSA) is 49.1 Å². The molecule has 1 N–H and O–H groups in total. The quantitative estimate of drug-likeness (QED) is 0.355. The zero-order valence-corrected chi connectivity index (χ0v) is 12.6. The number of azo groups is 1. The summed E-state index contributed by atoms with van der Waals surface area (Å²) in [7, 11) is 0. The molecule has 2 aromatic carbocycles. The van der Waals surface area contributed by atoms with E-state index in [-0.39, 0.29) is 5.41 Å². The molecule has 0 spiro atoms. The number of anilines is 1. The third-order valence-electron chi connectivity index (χ3n) is 2.75. The number of amidine groups is 1. The fraction of sp³-hybridized carbons (Fsp3) is 0.235. The summed E-state index contributed by atoms with van der Waals surface area (Å²) in [6, 6.07) is 19.4. The van der Waals surface area contributed by atoms with Crippen LogP contribution in [0.4, 0.5) is 11.4 Å². The first-order valence-corrected chi connectivity index (χ1v) is 6.92. The predicted molar refractivity (Wildman–Crippen MR) is 87.9 cm³/mol. The normalized spacial score (nSPS) is 12.6. The van der Waals surface area contributed by atoms with Crippen LogP contribution in [-0.4, -0.2) is 5.84 Å². The Balaban J connectivity index is 2.17. The number of para-hydroxylation sites is 1. The molecule has 0 aliphatic carbocycles. The lowest BCUT2D eigenvalue weighted by atomic mass is 9.95. The van der Waals surface area contributed by atoms with Crippen molar-refractivity contribution < 1.29 is 0 Å². The predicted octanol–water partition coefficient (Wildman–Crippen LogP) is 5.24. The summed E-state index contributed by atoms with van der Waals surface area (Å²) in [6.07, 6.45) is 0. The molecule has 0 amide bonds. The maximum Gasteiger partial charge on any atom is 0.176 e. The van der Waals surface area contributed by atoms with Gasteiger partial charge in [-0.3, -0.25) is 5.43 Å². The molecule has 0 aromatic heterocycles. The number of hydrogen-bond acceptors (Lipinski definition) is 3. The first kappa shape index (κ1) is 14.9. The van der Waals surface area contributed by atoms with Crippen LogP contribution in [0.5, 0.6) is 0 Å². The SMILES string of the molecule is CC(C)(C)C(N=Nc1ccccc1)=NNc1ccccc1. The molecule has 4 heteroatoms. The Bertz CT molecular complexity index is 610. The molecule has 0 aliphatic rings. The monoisotopic (exact) mass is 280 g/mol. The van der Waals surface area contributed by atoms with Crippen molar-refractivity contribution in [1.82, 2.24) is 0 Å². The number of rotatable bonds is 3. The Morgan fingerprint density at radius 2 is 1.43 bits per heavy atom. The minimum absolute atomic E-state index is 0.194. The van der Waals surface area contributed by atoms with E-state index in [1.807, 2.05) is 60.7 Å². The Hall–Kier alpha value is -2.49. The van der Waals surface area contributed by atoms with Crippen LogP contribution in [0.15, 0.2) is 76.0 Å². The lowest BCUT2D eigenvalue weighted by Gasteiger charge is -2.16. The molecule has 0 atom stereocenters. The van der Waals surface area contributed by atoms with Gasteiger partial charge in [0.1, 0.15) is 0 Å². The molecule has 0 radical (unpaired) electrons. The van der Waals surface area contributed by atoms with Crippen molar-refractivity contribution in [3.8, 4) is 0 Å². The highest BCUT2D eigenvalue weighted by molar-refractivity contribution is 5.88. The van der Waals surface area contributed by atoms with Crippen molar-refractivity contribution in [2.75, 3.05) is 5.43 Å². The molecule has 0 unspecified atom stereocenters. The summed E-state index contributed by atoms with van der Waals surface area (Å²) in [4.78, 5) is 0. The summed E-state index contributed by atoms with van der Waals surface area (Å²) >= 11 is 0. The Labute approximate surface area is 125 Å². The van der Waals surface area contributed by atoms with E-state index in [1.54, 1.807) is 0 Å². The van der Waals surface area contributed by atoms with E-state index in [4.69, 9.17) is 0 Å². The first-order valence-electron chi connectivity index (χ1n) is 6.92. The van der Waals surface area contributed by atoms with E-state index in [2.05, 4.69) is 41.5 Å². The third kappa shape index (κ3) is 4.84. The van der Waals surface area contributed by atoms with Crippen LogP contribution in [0.3, 0.4) is 0 Å². The van der Waals surface area contributed by atoms with Gasteiger partial charge >= 0.3 is 0 Å². The van der Waals surface area contributed by atoms with Gasteiger partial charge in [-0.25, -0.2) is 0 Å². The summed E-state index contributed by atoms with van der Waals surface area (Å²) in [5, 5.41) is 12.9. The lowest BCUT2D eigenvalue weighted by Crippen LogP contribution is -2.19. The fourth-order valence-electron chi connectivity index (χ4n) is 1.57. The maximum absolute atomic E-state index is 4.39. The molecular formula is C17H20N4. The molecule has 21 heavy (non-hydrogen) atoms. The molecule has 2 rings (SSSR count). The first-order chi connectivity index (χ1) is 10.1. The van der Waals surface area contributed by atoms with Gasteiger partial charge in [0.15, 0.2) is 5.84 Å². The van der Waals surface area contributed by atoms with E-state index in [1.165, 1.54) is 0 Å². The molecule has 0 saturated heterocycles. The van der Waals surface area contributed by atoms with E-state index in [9.17, 15) is 0 Å². The van der Waals surface area contributed by atoms with Crippen molar-refractivity contribution in [1.29, 1.82) is 0 Å². The molecule has 4 nitrogen and oxygen atoms in total.